The standard InChI is InChI=1S/C17H21ClN4O/c1-10-8-11(2)15(14(18)9-10)22-7-5-6-13-16(19-12(3)23)21(4)20-17(13)22/h8-9H,5-7H2,1-4H3,(H,19,23). The van der Waals surface area contributed by atoms with Gasteiger partial charge in [0.1, 0.15) is 5.82 Å². The fourth-order valence-corrected chi connectivity index (χ4v) is 3.73. The van der Waals surface area contributed by atoms with Gasteiger partial charge in [-0.15, -0.1) is 0 Å². The predicted molar refractivity (Wildman–Crippen MR) is 93.8 cm³/mol. The molecule has 23 heavy (non-hydrogen) atoms. The van der Waals surface area contributed by atoms with Gasteiger partial charge < -0.3 is 10.2 Å². The maximum Gasteiger partial charge on any atom is 0.222 e. The number of benzene rings is 1. The lowest BCUT2D eigenvalue weighted by molar-refractivity contribution is -0.114. The maximum absolute atomic E-state index is 11.5. The van der Waals surface area contributed by atoms with Gasteiger partial charge in [0.2, 0.25) is 5.91 Å². The highest BCUT2D eigenvalue weighted by atomic mass is 35.5. The van der Waals surface area contributed by atoms with E-state index < -0.39 is 0 Å². The fraction of sp³-hybridized carbons (Fsp3) is 0.412. The minimum absolute atomic E-state index is 0.0857. The first-order valence-corrected chi connectivity index (χ1v) is 8.14. The summed E-state index contributed by atoms with van der Waals surface area (Å²) < 4.78 is 1.74. The molecule has 6 heteroatoms. The second kappa shape index (κ2) is 5.89. The minimum atomic E-state index is -0.0857. The van der Waals surface area contributed by atoms with Crippen molar-refractivity contribution in [2.45, 2.75) is 33.6 Å². The molecular formula is C17H21ClN4O. The molecule has 1 N–H and O–H groups in total. The van der Waals surface area contributed by atoms with E-state index >= 15 is 0 Å². The van der Waals surface area contributed by atoms with E-state index in [1.807, 2.05) is 20.0 Å². The van der Waals surface area contributed by atoms with E-state index in [2.05, 4.69) is 28.3 Å². The zero-order chi connectivity index (χ0) is 16.7. The third-order valence-corrected chi connectivity index (χ3v) is 4.44. The molecule has 0 unspecified atom stereocenters. The van der Waals surface area contributed by atoms with Crippen LogP contribution in [0.1, 0.15) is 30.0 Å². The lowest BCUT2D eigenvalue weighted by atomic mass is 10.0. The van der Waals surface area contributed by atoms with Gasteiger partial charge in [0.25, 0.3) is 0 Å². The molecule has 2 aromatic rings. The van der Waals surface area contributed by atoms with Gasteiger partial charge in [0.05, 0.1) is 10.7 Å². The van der Waals surface area contributed by atoms with E-state index in [0.717, 1.165) is 58.4 Å². The molecule has 0 spiro atoms. The highest BCUT2D eigenvalue weighted by Crippen LogP contribution is 2.41. The van der Waals surface area contributed by atoms with Crippen LogP contribution in [0.4, 0.5) is 17.3 Å². The first-order valence-electron chi connectivity index (χ1n) is 7.76. The number of hydrogen-bond acceptors (Lipinski definition) is 3. The van der Waals surface area contributed by atoms with Crippen LogP contribution < -0.4 is 10.2 Å². The summed E-state index contributed by atoms with van der Waals surface area (Å²) in [4.78, 5) is 13.6. The van der Waals surface area contributed by atoms with Crippen LogP contribution in [0.25, 0.3) is 0 Å². The first-order chi connectivity index (χ1) is 10.9. The Bertz CT molecular complexity index is 758. The van der Waals surface area contributed by atoms with E-state index in [4.69, 9.17) is 11.6 Å². The smallest absolute Gasteiger partial charge is 0.222 e. The van der Waals surface area contributed by atoms with Crippen LogP contribution in [0, 0.1) is 13.8 Å². The second-order valence-corrected chi connectivity index (χ2v) is 6.53. The van der Waals surface area contributed by atoms with E-state index in [-0.39, 0.29) is 5.91 Å². The lowest BCUT2D eigenvalue weighted by Crippen LogP contribution is -2.26. The normalized spacial score (nSPS) is 13.9. The van der Waals surface area contributed by atoms with Gasteiger partial charge in [0.15, 0.2) is 5.82 Å². The van der Waals surface area contributed by atoms with Crippen LogP contribution in [0.2, 0.25) is 5.02 Å². The summed E-state index contributed by atoms with van der Waals surface area (Å²) >= 11 is 6.52. The van der Waals surface area contributed by atoms with Crippen molar-refractivity contribution in [2.75, 3.05) is 16.8 Å². The largest absolute Gasteiger partial charge is 0.323 e. The Kier molecular flexibility index (Phi) is 4.06. The molecule has 1 amide bonds. The molecule has 122 valence electrons. The van der Waals surface area contributed by atoms with E-state index in [1.54, 1.807) is 4.68 Å². The molecule has 0 radical (unpaired) electrons. The number of rotatable bonds is 2. The Morgan fingerprint density at radius 1 is 1.35 bits per heavy atom. The lowest BCUT2D eigenvalue weighted by Gasteiger charge is -2.30. The molecule has 0 saturated heterocycles. The van der Waals surface area contributed by atoms with E-state index in [1.165, 1.54) is 6.92 Å². The van der Waals surface area contributed by atoms with Crippen molar-refractivity contribution in [1.82, 2.24) is 9.78 Å². The van der Waals surface area contributed by atoms with Crippen molar-refractivity contribution in [1.29, 1.82) is 0 Å². The zero-order valence-electron chi connectivity index (χ0n) is 13.9. The SMILES string of the molecule is CC(=O)Nc1c2c(nn1C)N(c1c(C)cc(C)cc1Cl)CCC2. The molecule has 0 fully saturated rings. The number of carbonyl (C=O) groups excluding carboxylic acids is 1. The summed E-state index contributed by atoms with van der Waals surface area (Å²) in [6, 6.07) is 4.11. The average molecular weight is 333 g/mol. The molecule has 0 atom stereocenters. The number of amides is 1. The minimum Gasteiger partial charge on any atom is -0.323 e. The topological polar surface area (TPSA) is 50.2 Å². The van der Waals surface area contributed by atoms with Crippen molar-refractivity contribution >= 4 is 34.8 Å². The Morgan fingerprint density at radius 3 is 2.74 bits per heavy atom. The van der Waals surface area contributed by atoms with Gasteiger partial charge in [-0.1, -0.05) is 17.7 Å². The number of nitrogens with zero attached hydrogens (tertiary/aromatic N) is 3. The Labute approximate surface area is 141 Å². The number of aryl methyl sites for hydroxylation is 3. The van der Waals surface area contributed by atoms with Crippen molar-refractivity contribution in [3.63, 3.8) is 0 Å². The number of carbonyl (C=O) groups is 1. The number of aromatic nitrogens is 2. The zero-order valence-corrected chi connectivity index (χ0v) is 14.7. The quantitative estimate of drug-likeness (QED) is 0.911. The first kappa shape index (κ1) is 15.9. The summed E-state index contributed by atoms with van der Waals surface area (Å²) in [5.74, 6) is 1.58. The number of hydrogen-bond donors (Lipinski definition) is 1. The summed E-state index contributed by atoms with van der Waals surface area (Å²) in [6.07, 6.45) is 1.90. The molecule has 1 aromatic heterocycles. The fourth-order valence-electron chi connectivity index (χ4n) is 3.31. The van der Waals surface area contributed by atoms with E-state index in [0.29, 0.717) is 0 Å². The molecule has 0 aliphatic carbocycles. The van der Waals surface area contributed by atoms with Gasteiger partial charge in [0, 0.05) is 26.1 Å². The monoisotopic (exact) mass is 332 g/mol. The van der Waals surface area contributed by atoms with Crippen molar-refractivity contribution < 1.29 is 4.79 Å². The highest BCUT2D eigenvalue weighted by Gasteiger charge is 2.28. The predicted octanol–water partition coefficient (Wildman–Crippen LogP) is 3.73. The molecule has 0 bridgehead atoms. The Hall–Kier alpha value is -2.01. The maximum atomic E-state index is 11.5. The van der Waals surface area contributed by atoms with Crippen LogP contribution in [0.3, 0.4) is 0 Å². The summed E-state index contributed by atoms with van der Waals surface area (Å²) in [5, 5.41) is 8.27. The molecule has 1 aliphatic rings. The molecule has 3 rings (SSSR count). The van der Waals surface area contributed by atoms with Gasteiger partial charge in [-0.05, 0) is 43.9 Å². The van der Waals surface area contributed by atoms with Crippen LogP contribution in [-0.4, -0.2) is 22.2 Å². The molecule has 0 saturated carbocycles. The highest BCUT2D eigenvalue weighted by molar-refractivity contribution is 6.33. The average Bonchev–Trinajstić information content (AvgIpc) is 2.75. The third kappa shape index (κ3) is 2.81. The molecular weight excluding hydrogens is 312 g/mol. The number of fused-ring (bicyclic) bond motifs is 1. The van der Waals surface area contributed by atoms with Crippen LogP contribution in [-0.2, 0) is 18.3 Å². The third-order valence-electron chi connectivity index (χ3n) is 4.15. The van der Waals surface area contributed by atoms with Gasteiger partial charge in [-0.25, -0.2) is 0 Å². The molecule has 1 aromatic carbocycles. The summed E-state index contributed by atoms with van der Waals surface area (Å²) in [5.41, 5.74) is 4.36. The molecule has 5 nitrogen and oxygen atoms in total. The number of halogens is 1. The van der Waals surface area contributed by atoms with Crippen LogP contribution in [0.15, 0.2) is 12.1 Å². The second-order valence-electron chi connectivity index (χ2n) is 6.12. The van der Waals surface area contributed by atoms with Crippen LogP contribution >= 0.6 is 11.6 Å². The van der Waals surface area contributed by atoms with E-state index in [9.17, 15) is 4.79 Å². The van der Waals surface area contributed by atoms with Crippen LogP contribution in [0.5, 0.6) is 0 Å². The van der Waals surface area contributed by atoms with Crippen molar-refractivity contribution in [3.05, 3.63) is 33.8 Å². The number of anilines is 3. The van der Waals surface area contributed by atoms with Crippen molar-refractivity contribution in [2.24, 2.45) is 7.05 Å². The van der Waals surface area contributed by atoms with Gasteiger partial charge >= 0.3 is 0 Å². The van der Waals surface area contributed by atoms with Crippen molar-refractivity contribution in [3.8, 4) is 0 Å². The molecule has 1 aliphatic heterocycles. The molecule has 2 heterocycles. The van der Waals surface area contributed by atoms with Gasteiger partial charge in [-0.3, -0.25) is 9.48 Å². The number of nitrogens with one attached hydrogen (secondary N) is 1. The summed E-state index contributed by atoms with van der Waals surface area (Å²) in [6.45, 7) is 6.49. The Balaban J connectivity index is 2.12. The Morgan fingerprint density at radius 2 is 2.09 bits per heavy atom. The summed E-state index contributed by atoms with van der Waals surface area (Å²) in [7, 11) is 1.85. The van der Waals surface area contributed by atoms with Gasteiger partial charge in [-0.2, -0.15) is 5.10 Å².